The monoisotopic (exact) mass is 684 g/mol. The summed E-state index contributed by atoms with van der Waals surface area (Å²) in [6, 6.07) is 0. The Balaban J connectivity index is 2.16. The topological polar surface area (TPSA) is 210 Å². The van der Waals surface area contributed by atoms with Crippen LogP contribution in [-0.4, -0.2) is 98.3 Å². The molecule has 1 aliphatic rings. The highest BCUT2D eigenvalue weighted by atomic mass is 31.2. The fourth-order valence-electron chi connectivity index (χ4n) is 5.46. The van der Waals surface area contributed by atoms with E-state index in [4.69, 9.17) is 18.5 Å². The first-order valence-electron chi connectivity index (χ1n) is 17.3. The molecule has 0 aliphatic heterocycles. The lowest BCUT2D eigenvalue weighted by molar-refractivity contribution is -0.220. The van der Waals surface area contributed by atoms with Gasteiger partial charge in [0.1, 0.15) is 43.2 Å². The van der Waals surface area contributed by atoms with Crippen LogP contribution < -0.4 is 0 Å². The summed E-state index contributed by atoms with van der Waals surface area (Å²) >= 11 is 0. The Hall–Kier alpha value is -1.15. The fraction of sp³-hybridized carbons (Fsp3) is 0.938. The normalized spacial score (nSPS) is 25.1. The average molecular weight is 685 g/mol. The molecule has 0 aromatic carbocycles. The van der Waals surface area contributed by atoms with Gasteiger partial charge in [0.25, 0.3) is 0 Å². The number of aliphatic hydroxyl groups excluding tert-OH is 5. The second kappa shape index (κ2) is 24.9. The van der Waals surface area contributed by atoms with E-state index in [0.717, 1.165) is 26.2 Å². The highest BCUT2D eigenvalue weighted by molar-refractivity contribution is 7.47. The summed E-state index contributed by atoms with van der Waals surface area (Å²) in [5, 5.41) is 49.2. The molecule has 0 heterocycles. The van der Waals surface area contributed by atoms with Crippen molar-refractivity contribution in [2.45, 2.75) is 179 Å². The molecule has 13 nitrogen and oxygen atoms in total. The maximum absolute atomic E-state index is 12.4. The largest absolute Gasteiger partial charge is 0.472 e. The summed E-state index contributed by atoms with van der Waals surface area (Å²) in [6.45, 7) is 2.15. The summed E-state index contributed by atoms with van der Waals surface area (Å²) in [6.07, 6.45) is 9.30. The van der Waals surface area contributed by atoms with Gasteiger partial charge in [-0.15, -0.1) is 0 Å². The van der Waals surface area contributed by atoms with Crippen molar-refractivity contribution >= 4 is 19.8 Å². The van der Waals surface area contributed by atoms with Gasteiger partial charge < -0.3 is 39.9 Å². The van der Waals surface area contributed by atoms with Crippen LogP contribution in [0.25, 0.3) is 0 Å². The second-order valence-corrected chi connectivity index (χ2v) is 13.9. The first-order valence-corrected chi connectivity index (χ1v) is 18.8. The van der Waals surface area contributed by atoms with Crippen LogP contribution in [0.5, 0.6) is 0 Å². The number of ether oxygens (including phenoxy) is 2. The molecule has 46 heavy (non-hydrogen) atoms. The maximum Gasteiger partial charge on any atom is 0.472 e. The minimum absolute atomic E-state index is 0.169. The molecule has 0 aromatic rings. The van der Waals surface area contributed by atoms with Crippen molar-refractivity contribution in [1.82, 2.24) is 0 Å². The number of aliphatic hydroxyl groups is 5. The molecule has 6 N–H and O–H groups in total. The summed E-state index contributed by atoms with van der Waals surface area (Å²) in [5.74, 6) is -1.28. The number of hydrogen-bond donors (Lipinski definition) is 6. The predicted molar refractivity (Wildman–Crippen MR) is 171 cm³/mol. The smallest absolute Gasteiger partial charge is 0.462 e. The minimum atomic E-state index is -5.06. The third-order valence-electron chi connectivity index (χ3n) is 8.25. The first-order chi connectivity index (χ1) is 21.9. The molecule has 272 valence electrons. The van der Waals surface area contributed by atoms with Crippen molar-refractivity contribution in [3.8, 4) is 0 Å². The van der Waals surface area contributed by atoms with Gasteiger partial charge in [0.15, 0.2) is 6.10 Å². The van der Waals surface area contributed by atoms with Crippen LogP contribution in [0.4, 0.5) is 0 Å². The molecule has 0 amide bonds. The first kappa shape index (κ1) is 42.9. The number of phosphoric acid groups is 1. The molecule has 0 spiro atoms. The van der Waals surface area contributed by atoms with Crippen LogP contribution >= 0.6 is 7.82 Å². The number of carbonyl (C=O) groups excluding carboxylic acids is 2. The predicted octanol–water partition coefficient (Wildman–Crippen LogP) is 4.21. The number of unbranched alkanes of at least 4 members (excludes halogenated alkanes) is 17. The van der Waals surface area contributed by atoms with E-state index in [9.17, 15) is 44.6 Å². The van der Waals surface area contributed by atoms with Crippen LogP contribution in [0, 0.1) is 0 Å². The highest BCUT2D eigenvalue weighted by Gasteiger charge is 2.51. The summed E-state index contributed by atoms with van der Waals surface area (Å²) in [5.41, 5.74) is 0. The Kier molecular flexibility index (Phi) is 23.2. The molecule has 0 aromatic heterocycles. The van der Waals surface area contributed by atoms with E-state index in [0.29, 0.717) is 6.42 Å². The molecule has 1 rings (SSSR count). The van der Waals surface area contributed by atoms with E-state index in [-0.39, 0.29) is 6.42 Å². The number of phosphoric ester groups is 1. The van der Waals surface area contributed by atoms with Crippen LogP contribution in [0.2, 0.25) is 0 Å². The molecule has 0 saturated heterocycles. The van der Waals surface area contributed by atoms with Gasteiger partial charge in [-0.1, -0.05) is 116 Å². The fourth-order valence-corrected chi connectivity index (χ4v) is 6.44. The molecule has 1 fully saturated rings. The Morgan fingerprint density at radius 3 is 1.43 bits per heavy atom. The quantitative estimate of drug-likeness (QED) is 0.0407. The van der Waals surface area contributed by atoms with Crippen LogP contribution in [0.3, 0.4) is 0 Å². The van der Waals surface area contributed by atoms with E-state index < -0.39 is 75.7 Å². The van der Waals surface area contributed by atoms with Gasteiger partial charge >= 0.3 is 19.8 Å². The zero-order valence-corrected chi connectivity index (χ0v) is 28.8. The maximum atomic E-state index is 12.4. The van der Waals surface area contributed by atoms with Gasteiger partial charge in [-0.3, -0.25) is 18.6 Å². The van der Waals surface area contributed by atoms with Gasteiger partial charge in [0.2, 0.25) is 0 Å². The third kappa shape index (κ3) is 19.0. The van der Waals surface area contributed by atoms with Gasteiger partial charge in [0.05, 0.1) is 6.61 Å². The Morgan fingerprint density at radius 1 is 0.630 bits per heavy atom. The highest BCUT2D eigenvalue weighted by Crippen LogP contribution is 2.47. The Bertz CT molecular complexity index is 844. The van der Waals surface area contributed by atoms with Crippen molar-refractivity contribution in [3.05, 3.63) is 0 Å². The minimum Gasteiger partial charge on any atom is -0.462 e. The molecule has 14 heteroatoms. The van der Waals surface area contributed by atoms with E-state index >= 15 is 0 Å². The SMILES string of the molecule is CCCCCCCCCCCCCCCCCCCCC(=O)OC[C@H](COP(=O)(O)OC1C(O)C(O)C(O)[C@@H](O)C1O)OC(C)=O. The number of hydrogen-bond acceptors (Lipinski definition) is 12. The molecular weight excluding hydrogens is 623 g/mol. The van der Waals surface area contributed by atoms with Crippen molar-refractivity contribution in [1.29, 1.82) is 0 Å². The van der Waals surface area contributed by atoms with Crippen LogP contribution in [0.15, 0.2) is 0 Å². The van der Waals surface area contributed by atoms with Gasteiger partial charge in [-0.2, -0.15) is 0 Å². The molecule has 0 bridgehead atoms. The zero-order chi connectivity index (χ0) is 34.4. The van der Waals surface area contributed by atoms with Crippen molar-refractivity contribution < 1.29 is 63.1 Å². The molecule has 8 atom stereocenters. The standard InChI is InChI=1S/C32H61O13P/c1-3-4-5-6-7-8-9-10-11-12-13-14-15-16-17-18-19-20-21-26(34)42-22-25(44-24(2)33)23-43-46(40,41)45-32-30(38)28(36)27(35)29(37)31(32)39/h25,27-32,35-39H,3-23H2,1-2H3,(H,40,41)/t25-,27?,28-,29?,30?,31?,32?/m1/s1. The second-order valence-electron chi connectivity index (χ2n) is 12.5. The molecule has 6 unspecified atom stereocenters. The zero-order valence-electron chi connectivity index (χ0n) is 27.9. The number of carbonyl (C=O) groups is 2. The lowest BCUT2D eigenvalue weighted by Gasteiger charge is -2.41. The molecule has 1 saturated carbocycles. The summed E-state index contributed by atoms with van der Waals surface area (Å²) in [7, 11) is -5.06. The summed E-state index contributed by atoms with van der Waals surface area (Å²) < 4.78 is 32.0. The van der Waals surface area contributed by atoms with Crippen LogP contribution in [-0.2, 0) is 32.7 Å². The van der Waals surface area contributed by atoms with Crippen molar-refractivity contribution in [3.63, 3.8) is 0 Å². The Morgan fingerprint density at radius 2 is 1.02 bits per heavy atom. The Labute approximate surface area is 274 Å². The van der Waals surface area contributed by atoms with Gasteiger partial charge in [-0.25, -0.2) is 4.57 Å². The van der Waals surface area contributed by atoms with Gasteiger partial charge in [-0.05, 0) is 6.42 Å². The van der Waals surface area contributed by atoms with Gasteiger partial charge in [0, 0.05) is 13.3 Å². The van der Waals surface area contributed by atoms with E-state index in [1.807, 2.05) is 0 Å². The molecule has 0 radical (unpaired) electrons. The lowest BCUT2D eigenvalue weighted by Crippen LogP contribution is -2.64. The molecular formula is C32H61O13P. The van der Waals surface area contributed by atoms with Crippen LogP contribution in [0.1, 0.15) is 136 Å². The van der Waals surface area contributed by atoms with E-state index in [1.54, 1.807) is 0 Å². The lowest BCUT2D eigenvalue weighted by atomic mass is 9.85. The van der Waals surface area contributed by atoms with Crippen molar-refractivity contribution in [2.24, 2.45) is 0 Å². The third-order valence-corrected chi connectivity index (χ3v) is 9.23. The average Bonchev–Trinajstić information content (AvgIpc) is 3.01. The molecule has 1 aliphatic carbocycles. The number of rotatable bonds is 27. The number of esters is 2. The van der Waals surface area contributed by atoms with E-state index in [1.165, 1.54) is 89.9 Å². The summed E-state index contributed by atoms with van der Waals surface area (Å²) in [4.78, 5) is 33.7. The van der Waals surface area contributed by atoms with Crippen molar-refractivity contribution in [2.75, 3.05) is 13.2 Å². The van der Waals surface area contributed by atoms with E-state index in [2.05, 4.69) is 6.92 Å².